The van der Waals surface area contributed by atoms with Gasteiger partial charge in [0.05, 0.1) is 0 Å². The van der Waals surface area contributed by atoms with E-state index < -0.39 is 0 Å². The van der Waals surface area contributed by atoms with Crippen LogP contribution in [0.1, 0.15) is 25.8 Å². The molecule has 1 aliphatic heterocycles. The molecule has 0 unspecified atom stereocenters. The van der Waals surface area contributed by atoms with E-state index in [4.69, 9.17) is 0 Å². The molecule has 1 fully saturated rings. The molecule has 1 aromatic rings. The Morgan fingerprint density at radius 3 is 2.43 bits per heavy atom. The second-order valence-corrected chi connectivity index (χ2v) is 6.07. The Balaban J connectivity index is 1.85. The van der Waals surface area contributed by atoms with Crippen molar-refractivity contribution in [3.8, 4) is 0 Å². The van der Waals surface area contributed by atoms with Crippen LogP contribution in [0, 0.1) is 6.92 Å². The van der Waals surface area contributed by atoms with Crippen LogP contribution in [0.2, 0.25) is 0 Å². The molecule has 2 rings (SSSR count). The van der Waals surface area contributed by atoms with Crippen molar-refractivity contribution in [2.75, 3.05) is 44.2 Å². The van der Waals surface area contributed by atoms with E-state index in [1.165, 1.54) is 0 Å². The van der Waals surface area contributed by atoms with Crippen LogP contribution in [-0.2, 0) is 9.59 Å². The number of amides is 2. The molecule has 2 amide bonds. The van der Waals surface area contributed by atoms with Crippen LogP contribution >= 0.6 is 0 Å². The topological polar surface area (TPSA) is 43.9 Å². The van der Waals surface area contributed by atoms with Crippen LogP contribution in [0.3, 0.4) is 0 Å². The maximum atomic E-state index is 12.5. The van der Waals surface area contributed by atoms with Crippen molar-refractivity contribution < 1.29 is 9.59 Å². The number of carbonyl (C=O) groups is 2. The molecule has 1 aliphatic rings. The molecule has 0 aromatic heterocycles. The SMILES string of the molecule is CCN(C(=O)CCN1CCN(C(C)=O)CC1)c1cccc(C)c1. The second-order valence-electron chi connectivity index (χ2n) is 6.07. The fourth-order valence-corrected chi connectivity index (χ4v) is 2.97. The molecule has 23 heavy (non-hydrogen) atoms. The van der Waals surface area contributed by atoms with Gasteiger partial charge in [-0.3, -0.25) is 14.5 Å². The summed E-state index contributed by atoms with van der Waals surface area (Å²) >= 11 is 0. The Kier molecular flexibility index (Phi) is 6.16. The lowest BCUT2D eigenvalue weighted by Crippen LogP contribution is -2.48. The van der Waals surface area contributed by atoms with Gasteiger partial charge in [-0.05, 0) is 31.5 Å². The highest BCUT2D eigenvalue weighted by Gasteiger charge is 2.20. The van der Waals surface area contributed by atoms with Gasteiger partial charge >= 0.3 is 0 Å². The highest BCUT2D eigenvalue weighted by atomic mass is 16.2. The number of rotatable bonds is 5. The number of nitrogens with zero attached hydrogens (tertiary/aromatic N) is 3. The quantitative estimate of drug-likeness (QED) is 0.833. The molecule has 1 aromatic carbocycles. The first-order valence-corrected chi connectivity index (χ1v) is 8.36. The fourth-order valence-electron chi connectivity index (χ4n) is 2.97. The standard InChI is InChI=1S/C18H27N3O2/c1-4-21(17-7-5-6-15(2)14-17)18(23)8-9-19-10-12-20(13-11-19)16(3)22/h5-7,14H,4,8-13H2,1-3H3. The smallest absolute Gasteiger partial charge is 0.228 e. The Bertz CT molecular complexity index is 551. The van der Waals surface area contributed by atoms with Crippen LogP contribution in [0.4, 0.5) is 5.69 Å². The summed E-state index contributed by atoms with van der Waals surface area (Å²) in [5.74, 6) is 0.296. The Hall–Kier alpha value is -1.88. The number of benzene rings is 1. The fraction of sp³-hybridized carbons (Fsp3) is 0.556. The normalized spacial score (nSPS) is 15.5. The van der Waals surface area contributed by atoms with Crippen molar-refractivity contribution >= 4 is 17.5 Å². The third-order valence-electron chi connectivity index (χ3n) is 4.39. The highest BCUT2D eigenvalue weighted by Crippen LogP contribution is 2.17. The average molecular weight is 317 g/mol. The van der Waals surface area contributed by atoms with E-state index >= 15 is 0 Å². The molecule has 0 spiro atoms. The zero-order valence-corrected chi connectivity index (χ0v) is 14.4. The van der Waals surface area contributed by atoms with Gasteiger partial charge in [0.15, 0.2) is 0 Å². The van der Waals surface area contributed by atoms with Gasteiger partial charge in [-0.1, -0.05) is 12.1 Å². The van der Waals surface area contributed by atoms with Crippen molar-refractivity contribution in [2.24, 2.45) is 0 Å². The largest absolute Gasteiger partial charge is 0.340 e. The minimum absolute atomic E-state index is 0.136. The summed E-state index contributed by atoms with van der Waals surface area (Å²) in [6.07, 6.45) is 0.516. The molecule has 1 saturated heterocycles. The Labute approximate surface area is 138 Å². The summed E-state index contributed by atoms with van der Waals surface area (Å²) in [7, 11) is 0. The average Bonchev–Trinajstić information content (AvgIpc) is 2.54. The predicted octanol–water partition coefficient (Wildman–Crippen LogP) is 1.90. The van der Waals surface area contributed by atoms with Gasteiger partial charge < -0.3 is 9.80 Å². The van der Waals surface area contributed by atoms with Crippen molar-refractivity contribution in [2.45, 2.75) is 27.2 Å². The van der Waals surface area contributed by atoms with Crippen LogP contribution in [0.5, 0.6) is 0 Å². The van der Waals surface area contributed by atoms with Gasteiger partial charge in [-0.15, -0.1) is 0 Å². The molecule has 0 N–H and O–H groups in total. The molecular formula is C18H27N3O2. The molecule has 0 radical (unpaired) electrons. The summed E-state index contributed by atoms with van der Waals surface area (Å²) in [5, 5.41) is 0. The monoisotopic (exact) mass is 317 g/mol. The minimum atomic E-state index is 0.136. The Morgan fingerprint density at radius 1 is 1.17 bits per heavy atom. The van der Waals surface area contributed by atoms with Crippen molar-refractivity contribution in [3.05, 3.63) is 29.8 Å². The van der Waals surface area contributed by atoms with E-state index in [0.717, 1.165) is 44.0 Å². The molecular weight excluding hydrogens is 290 g/mol. The molecule has 5 nitrogen and oxygen atoms in total. The first-order chi connectivity index (χ1) is 11.0. The van der Waals surface area contributed by atoms with Crippen LogP contribution in [-0.4, -0.2) is 60.9 Å². The Morgan fingerprint density at radius 2 is 1.87 bits per heavy atom. The number of carbonyl (C=O) groups excluding carboxylic acids is 2. The van der Waals surface area contributed by atoms with Gasteiger partial charge in [0, 0.05) is 58.3 Å². The maximum Gasteiger partial charge on any atom is 0.228 e. The number of hydrogen-bond acceptors (Lipinski definition) is 3. The molecule has 0 atom stereocenters. The number of aryl methyl sites for hydroxylation is 1. The molecule has 0 saturated carbocycles. The summed E-state index contributed by atoms with van der Waals surface area (Å²) in [6, 6.07) is 8.06. The van der Waals surface area contributed by atoms with Gasteiger partial charge in [0.25, 0.3) is 0 Å². The summed E-state index contributed by atoms with van der Waals surface area (Å²) < 4.78 is 0. The van der Waals surface area contributed by atoms with Crippen molar-refractivity contribution in [3.63, 3.8) is 0 Å². The van der Waals surface area contributed by atoms with Crippen LogP contribution in [0.25, 0.3) is 0 Å². The third kappa shape index (κ3) is 4.79. The lowest BCUT2D eigenvalue weighted by Gasteiger charge is -2.34. The third-order valence-corrected chi connectivity index (χ3v) is 4.39. The van der Waals surface area contributed by atoms with E-state index in [9.17, 15) is 9.59 Å². The molecule has 1 heterocycles. The van der Waals surface area contributed by atoms with E-state index in [1.54, 1.807) is 6.92 Å². The zero-order valence-electron chi connectivity index (χ0n) is 14.4. The van der Waals surface area contributed by atoms with Gasteiger partial charge in [0.1, 0.15) is 0 Å². The van der Waals surface area contributed by atoms with E-state index in [0.29, 0.717) is 13.0 Å². The van der Waals surface area contributed by atoms with E-state index in [1.807, 2.05) is 47.9 Å². The number of hydrogen-bond donors (Lipinski definition) is 0. The summed E-state index contributed by atoms with van der Waals surface area (Å²) in [4.78, 5) is 29.8. The first kappa shape index (κ1) is 17.5. The van der Waals surface area contributed by atoms with Gasteiger partial charge in [-0.25, -0.2) is 0 Å². The molecule has 0 aliphatic carbocycles. The highest BCUT2D eigenvalue weighted by molar-refractivity contribution is 5.93. The minimum Gasteiger partial charge on any atom is -0.340 e. The molecule has 126 valence electrons. The van der Waals surface area contributed by atoms with Crippen molar-refractivity contribution in [1.29, 1.82) is 0 Å². The molecule has 5 heteroatoms. The maximum absolute atomic E-state index is 12.5. The molecule has 0 bridgehead atoms. The zero-order chi connectivity index (χ0) is 16.8. The van der Waals surface area contributed by atoms with Crippen molar-refractivity contribution in [1.82, 2.24) is 9.80 Å². The lowest BCUT2D eigenvalue weighted by molar-refractivity contribution is -0.130. The van der Waals surface area contributed by atoms with Gasteiger partial charge in [0.2, 0.25) is 11.8 Å². The predicted molar refractivity (Wildman–Crippen MR) is 92.5 cm³/mol. The van der Waals surface area contributed by atoms with Crippen LogP contribution < -0.4 is 4.90 Å². The second kappa shape index (κ2) is 8.11. The first-order valence-electron chi connectivity index (χ1n) is 8.36. The lowest BCUT2D eigenvalue weighted by atomic mass is 10.2. The van der Waals surface area contributed by atoms with Gasteiger partial charge in [-0.2, -0.15) is 0 Å². The van der Waals surface area contributed by atoms with Crippen LogP contribution in [0.15, 0.2) is 24.3 Å². The summed E-state index contributed by atoms with van der Waals surface area (Å²) in [5.41, 5.74) is 2.13. The number of piperazine rings is 1. The van der Waals surface area contributed by atoms with E-state index in [-0.39, 0.29) is 11.8 Å². The van der Waals surface area contributed by atoms with E-state index in [2.05, 4.69) is 4.90 Å². The summed E-state index contributed by atoms with van der Waals surface area (Å²) in [6.45, 7) is 10.3. The number of anilines is 1.